The molecule has 0 saturated heterocycles. The molecule has 1 N–H and O–H groups in total. The second kappa shape index (κ2) is 16.8. The summed E-state index contributed by atoms with van der Waals surface area (Å²) in [5.74, 6) is 0.263. The Bertz CT molecular complexity index is 1970. The maximum atomic E-state index is 14.4. The van der Waals surface area contributed by atoms with Gasteiger partial charge in [0.25, 0.3) is 0 Å². The predicted molar refractivity (Wildman–Crippen MR) is 248 cm³/mol. The summed E-state index contributed by atoms with van der Waals surface area (Å²) >= 11 is 6.22. The van der Waals surface area contributed by atoms with E-state index in [0.29, 0.717) is 23.3 Å². The van der Waals surface area contributed by atoms with Crippen molar-refractivity contribution in [3.8, 4) is 0 Å². The van der Waals surface area contributed by atoms with Crippen LogP contribution in [0.5, 0.6) is 0 Å². The first kappa shape index (κ1) is 49.5. The molecule has 9 atom stereocenters. The Hall–Kier alpha value is -2.91. The number of esters is 2. The topological polar surface area (TPSA) is 119 Å². The zero-order valence-electron chi connectivity index (χ0n) is 41.4. The van der Waals surface area contributed by atoms with E-state index in [1.54, 1.807) is 30.9 Å². The van der Waals surface area contributed by atoms with Gasteiger partial charge in [-0.2, -0.15) is 0 Å². The van der Waals surface area contributed by atoms with Crippen LogP contribution >= 0.6 is 11.6 Å². The van der Waals surface area contributed by atoms with Crippen LogP contribution in [0.15, 0.2) is 35.4 Å². The minimum absolute atomic E-state index is 0.00670. The lowest BCUT2D eigenvalue weighted by Gasteiger charge is -2.72. The van der Waals surface area contributed by atoms with Crippen molar-refractivity contribution < 1.29 is 38.5 Å². The van der Waals surface area contributed by atoms with Crippen LogP contribution in [0.2, 0.25) is 5.02 Å². The fourth-order valence-electron chi connectivity index (χ4n) is 14.0. The number of allylic oxidation sites excluding steroid dienone is 1. The summed E-state index contributed by atoms with van der Waals surface area (Å²) in [7, 11) is 0. The molecule has 1 amide bonds. The molecule has 0 radical (unpaired) electrons. The highest BCUT2D eigenvalue weighted by Gasteiger charge is 2.71. The molecule has 4 fully saturated rings. The number of Topliss-reactive ketones (excluding diaryl/α,β-unsaturated/α-hetero) is 1. The average molecular weight is 895 g/mol. The Balaban J connectivity index is 1.27. The summed E-state index contributed by atoms with van der Waals surface area (Å²) in [5, 5.41) is 13.3. The van der Waals surface area contributed by atoms with Crippen LogP contribution in [-0.4, -0.2) is 63.8 Å². The third kappa shape index (κ3) is 9.02. The van der Waals surface area contributed by atoms with Crippen LogP contribution < -0.4 is 0 Å². The van der Waals surface area contributed by atoms with Gasteiger partial charge in [0.2, 0.25) is 0 Å². The highest BCUT2D eigenvalue weighted by molar-refractivity contribution is 6.30. The van der Waals surface area contributed by atoms with Crippen molar-refractivity contribution in [2.24, 2.45) is 56.2 Å². The Labute approximate surface area is 384 Å². The second-order valence-electron chi connectivity index (χ2n) is 24.8. The molecule has 0 heterocycles. The number of ketones is 1. The molecule has 5 aliphatic carbocycles. The number of benzene rings is 1. The van der Waals surface area contributed by atoms with Crippen LogP contribution in [0.1, 0.15) is 174 Å². The highest BCUT2D eigenvalue weighted by atomic mass is 35.5. The number of aliphatic hydroxyl groups excluding tert-OH is 1. The third-order valence-electron chi connectivity index (χ3n) is 17.2. The average Bonchev–Trinajstić information content (AvgIpc) is 3.45. The zero-order chi connectivity index (χ0) is 47.1. The second-order valence-corrected chi connectivity index (χ2v) is 25.2. The van der Waals surface area contributed by atoms with Crippen molar-refractivity contribution in [1.82, 2.24) is 4.90 Å². The van der Waals surface area contributed by atoms with Crippen molar-refractivity contribution in [1.29, 1.82) is 0 Å². The summed E-state index contributed by atoms with van der Waals surface area (Å²) in [6.45, 7) is 31.2. The van der Waals surface area contributed by atoms with Gasteiger partial charge in [0, 0.05) is 28.8 Å². The van der Waals surface area contributed by atoms with Gasteiger partial charge in [0.1, 0.15) is 17.3 Å². The van der Waals surface area contributed by atoms with E-state index >= 15 is 0 Å². The molecular formula is C53H80ClNO8. The van der Waals surface area contributed by atoms with E-state index in [1.807, 2.05) is 53.7 Å². The summed E-state index contributed by atoms with van der Waals surface area (Å²) in [6, 6.07) is 7.39. The molecule has 0 aromatic heterocycles. The minimum Gasteiger partial charge on any atom is -0.462 e. The third-order valence-corrected chi connectivity index (χ3v) is 17.5. The van der Waals surface area contributed by atoms with Crippen LogP contribution in [0, 0.1) is 56.2 Å². The number of carbonyl (C=O) groups is 4. The molecule has 352 valence electrons. The molecule has 9 nitrogen and oxygen atoms in total. The molecule has 10 heteroatoms. The molecule has 63 heavy (non-hydrogen) atoms. The van der Waals surface area contributed by atoms with Gasteiger partial charge in [-0.05, 0) is 170 Å². The molecule has 0 spiro atoms. The lowest BCUT2D eigenvalue weighted by Crippen LogP contribution is -2.66. The van der Waals surface area contributed by atoms with Crippen molar-refractivity contribution in [2.45, 2.75) is 198 Å². The van der Waals surface area contributed by atoms with Crippen LogP contribution in [0.25, 0.3) is 0 Å². The number of ether oxygens (including phenoxy) is 3. The summed E-state index contributed by atoms with van der Waals surface area (Å²) < 4.78 is 17.9. The van der Waals surface area contributed by atoms with Crippen molar-refractivity contribution in [2.75, 3.05) is 6.54 Å². The summed E-state index contributed by atoms with van der Waals surface area (Å²) in [4.78, 5) is 56.5. The first-order chi connectivity index (χ1) is 28.8. The number of amides is 1. The molecule has 0 bridgehead atoms. The minimum atomic E-state index is -1.00. The molecule has 1 aromatic carbocycles. The van der Waals surface area contributed by atoms with Crippen molar-refractivity contribution in [3.63, 3.8) is 0 Å². The largest absolute Gasteiger partial charge is 0.462 e. The Kier molecular flexibility index (Phi) is 13.2. The fraction of sp³-hybridized carbons (Fsp3) is 0.774. The standard InChI is InChI=1S/C53H80ClNO8/c1-32(2)42-36(56)28-53(39(57)31-55(45(60)63-47(6,7)8)30-33-16-18-34(54)19-17-33)27-26-51(14)35(43(42)53)20-21-38-50(13)24-23-40(49(11,12)37(50)22-25-52(38,51)15)61-41(58)29-48(9,10)44(59)62-46(3,4)5/h16-19,32,35,37-40,57H,20-31H2,1-15H3/t35-,37+,38-,39+,40+,50?,51-,52-,53+/m1/s1. The van der Waals surface area contributed by atoms with E-state index in [9.17, 15) is 24.3 Å². The molecule has 1 aromatic rings. The summed E-state index contributed by atoms with van der Waals surface area (Å²) in [5.41, 5.74) is -0.641. The van der Waals surface area contributed by atoms with Crippen LogP contribution in [0.4, 0.5) is 4.79 Å². The first-order valence-corrected chi connectivity index (χ1v) is 24.3. The van der Waals surface area contributed by atoms with Crippen LogP contribution in [0.3, 0.4) is 0 Å². The number of hydrogen-bond acceptors (Lipinski definition) is 8. The Morgan fingerprint density at radius 3 is 2.02 bits per heavy atom. The van der Waals surface area contributed by atoms with Gasteiger partial charge in [-0.1, -0.05) is 77.8 Å². The van der Waals surface area contributed by atoms with E-state index < -0.39 is 40.2 Å². The number of rotatable bonds is 10. The zero-order valence-corrected chi connectivity index (χ0v) is 42.1. The normalized spacial score (nSPS) is 33.4. The van der Waals surface area contributed by atoms with Gasteiger partial charge in [-0.15, -0.1) is 0 Å². The maximum Gasteiger partial charge on any atom is 0.410 e. The van der Waals surface area contributed by atoms with E-state index in [4.69, 9.17) is 25.8 Å². The number of nitrogens with zero attached hydrogens (tertiary/aromatic N) is 1. The van der Waals surface area contributed by atoms with Crippen molar-refractivity contribution in [3.05, 3.63) is 46.0 Å². The SMILES string of the molecule is CC(C)C1=C2[C@H]3CC[C@@H]4C5(C)CC[C@H](OC(=O)CC(C)(C)C(=O)OC(C)(C)C)C(C)(C)[C@@H]5CC[C@@]4(C)[C@]3(C)CC[C@@]2([C@@H](O)CN(Cc2ccc(Cl)cc2)C(=O)OC(C)(C)C)CC1=O. The van der Waals surface area contributed by atoms with E-state index in [2.05, 4.69) is 48.5 Å². The summed E-state index contributed by atoms with van der Waals surface area (Å²) in [6.07, 6.45) is 5.76. The molecule has 6 rings (SSSR count). The van der Waals surface area contributed by atoms with Gasteiger partial charge in [0.05, 0.1) is 24.5 Å². The lowest BCUT2D eigenvalue weighted by atomic mass is 9.33. The molecule has 5 aliphatic rings. The van der Waals surface area contributed by atoms with Gasteiger partial charge < -0.3 is 24.2 Å². The maximum absolute atomic E-state index is 14.4. The van der Waals surface area contributed by atoms with E-state index in [1.165, 1.54) is 0 Å². The quantitative estimate of drug-likeness (QED) is 0.182. The first-order valence-electron chi connectivity index (χ1n) is 23.9. The number of carbonyl (C=O) groups excluding carboxylic acids is 4. The van der Waals surface area contributed by atoms with E-state index in [-0.39, 0.29) is 77.3 Å². The fourth-order valence-corrected chi connectivity index (χ4v) is 14.2. The number of fused-ring (bicyclic) bond motifs is 7. The smallest absolute Gasteiger partial charge is 0.410 e. The van der Waals surface area contributed by atoms with Gasteiger partial charge in [-0.3, -0.25) is 14.4 Å². The van der Waals surface area contributed by atoms with Gasteiger partial charge in [0.15, 0.2) is 5.78 Å². The number of halogens is 1. The van der Waals surface area contributed by atoms with Crippen molar-refractivity contribution >= 4 is 35.4 Å². The van der Waals surface area contributed by atoms with Gasteiger partial charge >= 0.3 is 18.0 Å². The van der Waals surface area contributed by atoms with Gasteiger partial charge in [-0.25, -0.2) is 4.79 Å². The lowest BCUT2D eigenvalue weighted by molar-refractivity contribution is -0.235. The molecule has 0 aliphatic heterocycles. The highest BCUT2D eigenvalue weighted by Crippen LogP contribution is 2.77. The van der Waals surface area contributed by atoms with E-state index in [0.717, 1.165) is 61.7 Å². The predicted octanol–water partition coefficient (Wildman–Crippen LogP) is 12.1. The van der Waals surface area contributed by atoms with Crippen LogP contribution in [-0.2, 0) is 35.1 Å². The monoisotopic (exact) mass is 894 g/mol. The molecular weight excluding hydrogens is 814 g/mol. The Morgan fingerprint density at radius 2 is 1.43 bits per heavy atom. The number of hydrogen-bond donors (Lipinski definition) is 1. The Morgan fingerprint density at radius 1 is 0.810 bits per heavy atom. The number of aliphatic hydroxyl groups is 1. The molecule has 1 unspecified atom stereocenters. The molecule has 4 saturated carbocycles.